The van der Waals surface area contributed by atoms with E-state index in [9.17, 15) is 15.0 Å². The van der Waals surface area contributed by atoms with E-state index >= 15 is 0 Å². The molecule has 17 heavy (non-hydrogen) atoms. The Labute approximate surface area is 100 Å². The maximum atomic E-state index is 10.8. The first-order valence-electron chi connectivity index (χ1n) is 5.21. The summed E-state index contributed by atoms with van der Waals surface area (Å²) in [5.74, 6) is -0.527. The van der Waals surface area contributed by atoms with Gasteiger partial charge in [-0.2, -0.15) is 0 Å². The third kappa shape index (κ3) is 2.78. The number of phenols is 2. The van der Waals surface area contributed by atoms with Crippen molar-refractivity contribution in [1.82, 2.24) is 0 Å². The van der Waals surface area contributed by atoms with Crippen molar-refractivity contribution in [3.63, 3.8) is 0 Å². The first-order chi connectivity index (χ1) is 8.01. The van der Waals surface area contributed by atoms with Gasteiger partial charge in [0.25, 0.3) is 0 Å². The number of aromatic hydroxyl groups is 2. The van der Waals surface area contributed by atoms with Crippen molar-refractivity contribution < 1.29 is 19.7 Å². The first kappa shape index (κ1) is 13.1. The molecule has 0 unspecified atom stereocenters. The van der Waals surface area contributed by atoms with Crippen molar-refractivity contribution >= 4 is 6.29 Å². The van der Waals surface area contributed by atoms with Gasteiger partial charge in [-0.3, -0.25) is 4.79 Å². The van der Waals surface area contributed by atoms with Gasteiger partial charge >= 0.3 is 0 Å². The molecule has 4 nitrogen and oxygen atoms in total. The van der Waals surface area contributed by atoms with Crippen LogP contribution in [-0.2, 0) is 6.42 Å². The lowest BCUT2D eigenvalue weighted by molar-refractivity contribution is 0.112. The summed E-state index contributed by atoms with van der Waals surface area (Å²) in [5, 5.41) is 19.5. The summed E-state index contributed by atoms with van der Waals surface area (Å²) >= 11 is 0. The topological polar surface area (TPSA) is 66.8 Å². The number of hydrogen-bond acceptors (Lipinski definition) is 4. The number of ether oxygens (including phenoxy) is 1. The molecule has 0 radical (unpaired) electrons. The Kier molecular flexibility index (Phi) is 4.15. The molecule has 0 fully saturated rings. The molecule has 0 aliphatic rings. The molecule has 0 amide bonds. The van der Waals surface area contributed by atoms with Crippen LogP contribution in [0.1, 0.15) is 29.8 Å². The van der Waals surface area contributed by atoms with Gasteiger partial charge in [0.2, 0.25) is 5.75 Å². The second-order valence-corrected chi connectivity index (χ2v) is 3.96. The molecule has 0 heterocycles. The van der Waals surface area contributed by atoms with Gasteiger partial charge in [-0.05, 0) is 26.3 Å². The minimum atomic E-state index is -0.332. The summed E-state index contributed by atoms with van der Waals surface area (Å²) in [6, 6.07) is 1.46. The second kappa shape index (κ2) is 5.39. The third-order valence-corrected chi connectivity index (χ3v) is 2.40. The SMILES string of the molecule is COc1c(O)c(C=O)cc(CC=C(C)C)c1O. The normalized spacial score (nSPS) is 9.82. The van der Waals surface area contributed by atoms with E-state index in [-0.39, 0.29) is 22.8 Å². The largest absolute Gasteiger partial charge is 0.504 e. The minimum Gasteiger partial charge on any atom is -0.504 e. The molecule has 0 spiro atoms. The van der Waals surface area contributed by atoms with Crippen molar-refractivity contribution in [2.24, 2.45) is 0 Å². The average molecular weight is 236 g/mol. The summed E-state index contributed by atoms with van der Waals surface area (Å²) in [6.45, 7) is 3.88. The van der Waals surface area contributed by atoms with Crippen LogP contribution in [-0.4, -0.2) is 23.6 Å². The third-order valence-electron chi connectivity index (χ3n) is 2.40. The second-order valence-electron chi connectivity index (χ2n) is 3.96. The molecule has 0 aliphatic heterocycles. The molecule has 0 atom stereocenters. The number of carbonyl (C=O) groups is 1. The van der Waals surface area contributed by atoms with E-state index in [0.717, 1.165) is 5.57 Å². The number of methoxy groups -OCH3 is 1. The lowest BCUT2D eigenvalue weighted by atomic mass is 10.0. The van der Waals surface area contributed by atoms with Crippen LogP contribution in [0.2, 0.25) is 0 Å². The Morgan fingerprint density at radius 3 is 2.47 bits per heavy atom. The molecule has 0 aromatic heterocycles. The number of rotatable bonds is 4. The molecular weight excluding hydrogens is 220 g/mol. The predicted octanol–water partition coefficient (Wildman–Crippen LogP) is 2.43. The molecule has 0 aliphatic carbocycles. The quantitative estimate of drug-likeness (QED) is 0.622. The Bertz CT molecular complexity index is 457. The highest BCUT2D eigenvalue weighted by molar-refractivity contribution is 5.83. The van der Waals surface area contributed by atoms with E-state index in [1.54, 1.807) is 0 Å². The lowest BCUT2D eigenvalue weighted by Gasteiger charge is -2.11. The van der Waals surface area contributed by atoms with Crippen LogP contribution in [0.4, 0.5) is 0 Å². The molecule has 4 heteroatoms. The van der Waals surface area contributed by atoms with Gasteiger partial charge in [-0.25, -0.2) is 0 Å². The van der Waals surface area contributed by atoms with Gasteiger partial charge in [-0.15, -0.1) is 0 Å². The summed E-state index contributed by atoms with van der Waals surface area (Å²) in [7, 11) is 1.33. The fourth-order valence-corrected chi connectivity index (χ4v) is 1.47. The van der Waals surface area contributed by atoms with Gasteiger partial charge in [0.15, 0.2) is 17.8 Å². The van der Waals surface area contributed by atoms with Crippen molar-refractivity contribution in [2.75, 3.05) is 7.11 Å². The lowest BCUT2D eigenvalue weighted by Crippen LogP contribution is -1.94. The number of benzene rings is 1. The van der Waals surface area contributed by atoms with Crippen molar-refractivity contribution in [1.29, 1.82) is 0 Å². The van der Waals surface area contributed by atoms with E-state index in [1.807, 2.05) is 19.9 Å². The number of allylic oxidation sites excluding steroid dienone is 2. The molecule has 1 aromatic rings. The van der Waals surface area contributed by atoms with Gasteiger partial charge in [0.05, 0.1) is 12.7 Å². The predicted molar refractivity (Wildman–Crippen MR) is 64.8 cm³/mol. The minimum absolute atomic E-state index is 0.0632. The van der Waals surface area contributed by atoms with E-state index < -0.39 is 0 Å². The van der Waals surface area contributed by atoms with Crippen LogP contribution < -0.4 is 4.74 Å². The number of phenolic OH excluding ortho intramolecular Hbond substituents is 2. The Morgan fingerprint density at radius 1 is 1.35 bits per heavy atom. The van der Waals surface area contributed by atoms with Crippen LogP contribution in [0.3, 0.4) is 0 Å². The highest BCUT2D eigenvalue weighted by Crippen LogP contribution is 2.40. The van der Waals surface area contributed by atoms with Crippen LogP contribution in [0.25, 0.3) is 0 Å². The molecule has 0 saturated carbocycles. The number of carbonyl (C=O) groups excluding carboxylic acids is 1. The molecule has 1 aromatic carbocycles. The van der Waals surface area contributed by atoms with Crippen LogP contribution in [0.15, 0.2) is 17.7 Å². The molecular formula is C13H16O4. The summed E-state index contributed by atoms with van der Waals surface area (Å²) in [6.07, 6.45) is 2.93. The van der Waals surface area contributed by atoms with Crippen LogP contribution in [0.5, 0.6) is 17.2 Å². The van der Waals surface area contributed by atoms with Crippen LogP contribution >= 0.6 is 0 Å². The van der Waals surface area contributed by atoms with E-state index in [1.165, 1.54) is 13.2 Å². The average Bonchev–Trinajstić information content (AvgIpc) is 2.28. The fourth-order valence-electron chi connectivity index (χ4n) is 1.47. The Morgan fingerprint density at radius 2 is 2.00 bits per heavy atom. The fraction of sp³-hybridized carbons (Fsp3) is 0.308. The van der Waals surface area contributed by atoms with E-state index in [2.05, 4.69) is 0 Å². The zero-order chi connectivity index (χ0) is 13.0. The molecule has 1 rings (SSSR count). The van der Waals surface area contributed by atoms with Crippen molar-refractivity contribution in [3.8, 4) is 17.2 Å². The van der Waals surface area contributed by atoms with Gasteiger partial charge in [-0.1, -0.05) is 11.6 Å². The van der Waals surface area contributed by atoms with E-state index in [4.69, 9.17) is 4.74 Å². The smallest absolute Gasteiger partial charge is 0.203 e. The zero-order valence-electron chi connectivity index (χ0n) is 10.2. The first-order valence-corrected chi connectivity index (χ1v) is 5.21. The maximum Gasteiger partial charge on any atom is 0.203 e. The van der Waals surface area contributed by atoms with Crippen LogP contribution in [0, 0.1) is 0 Å². The standard InChI is InChI=1S/C13H16O4/c1-8(2)4-5-9-6-10(7-14)12(16)13(17-3)11(9)15/h4,6-7,15-16H,5H2,1-3H3. The molecule has 0 saturated heterocycles. The van der Waals surface area contributed by atoms with Gasteiger partial charge in [0.1, 0.15) is 0 Å². The summed E-state index contributed by atoms with van der Waals surface area (Å²) < 4.78 is 4.89. The molecule has 92 valence electrons. The highest BCUT2D eigenvalue weighted by Gasteiger charge is 2.16. The van der Waals surface area contributed by atoms with Gasteiger partial charge in [0, 0.05) is 5.56 Å². The Hall–Kier alpha value is -1.97. The summed E-state index contributed by atoms with van der Waals surface area (Å²) in [5.41, 5.74) is 1.75. The zero-order valence-corrected chi connectivity index (χ0v) is 10.2. The van der Waals surface area contributed by atoms with Crippen molar-refractivity contribution in [2.45, 2.75) is 20.3 Å². The summed E-state index contributed by atoms with van der Waals surface area (Å²) in [4.78, 5) is 10.8. The number of aldehydes is 1. The molecule has 2 N–H and O–H groups in total. The number of hydrogen-bond donors (Lipinski definition) is 2. The van der Waals surface area contributed by atoms with Crippen molar-refractivity contribution in [3.05, 3.63) is 28.8 Å². The van der Waals surface area contributed by atoms with Gasteiger partial charge < -0.3 is 14.9 Å². The molecule has 0 bridgehead atoms. The van der Waals surface area contributed by atoms with E-state index in [0.29, 0.717) is 18.3 Å². The Balaban J connectivity index is 3.31. The maximum absolute atomic E-state index is 10.8. The highest BCUT2D eigenvalue weighted by atomic mass is 16.5. The monoisotopic (exact) mass is 236 g/mol.